The molecule has 0 amide bonds. The third kappa shape index (κ3) is 3.09. The molecule has 0 aromatic carbocycles. The molecule has 1 fully saturated rings. The molecule has 0 aliphatic heterocycles. The minimum Gasteiger partial charge on any atom is -0.368 e. The minimum atomic E-state index is 0.247. The van der Waals surface area contributed by atoms with E-state index in [1.54, 1.807) is 28.8 Å². The zero-order valence-electron chi connectivity index (χ0n) is 11.4. The van der Waals surface area contributed by atoms with Crippen molar-refractivity contribution >= 4 is 17.7 Å². The maximum Gasteiger partial charge on any atom is 0.256 e. The van der Waals surface area contributed by atoms with Gasteiger partial charge in [-0.1, -0.05) is 31.5 Å². The van der Waals surface area contributed by atoms with E-state index in [1.165, 1.54) is 25.7 Å². The lowest BCUT2D eigenvalue weighted by molar-refractivity contribution is 0.394. The molecule has 0 radical (unpaired) electrons. The van der Waals surface area contributed by atoms with Gasteiger partial charge in [0, 0.05) is 17.6 Å². The third-order valence-electron chi connectivity index (χ3n) is 3.49. The average Bonchev–Trinajstić information content (AvgIpc) is 2.91. The SMILES string of the molecule is CC1CCCC(Sc2nc(N)nc(-n3cccn3)n2)C1. The summed E-state index contributed by atoms with van der Waals surface area (Å²) in [5.41, 5.74) is 5.78. The topological polar surface area (TPSA) is 82.5 Å². The molecule has 20 heavy (non-hydrogen) atoms. The highest BCUT2D eigenvalue weighted by Gasteiger charge is 2.21. The maximum absolute atomic E-state index is 5.78. The number of nitrogen functional groups attached to an aromatic ring is 1. The van der Waals surface area contributed by atoms with Crippen LogP contribution in [0.15, 0.2) is 23.6 Å². The molecule has 1 saturated carbocycles. The van der Waals surface area contributed by atoms with Gasteiger partial charge < -0.3 is 5.73 Å². The Bertz CT molecular complexity index is 570. The summed E-state index contributed by atoms with van der Waals surface area (Å²) in [7, 11) is 0. The molecular weight excluding hydrogens is 272 g/mol. The van der Waals surface area contributed by atoms with Crippen molar-refractivity contribution in [2.45, 2.75) is 43.0 Å². The van der Waals surface area contributed by atoms with E-state index in [2.05, 4.69) is 27.0 Å². The summed E-state index contributed by atoms with van der Waals surface area (Å²) >= 11 is 1.71. The van der Waals surface area contributed by atoms with E-state index in [0.29, 0.717) is 16.4 Å². The molecule has 106 valence electrons. The van der Waals surface area contributed by atoms with Crippen molar-refractivity contribution in [3.05, 3.63) is 18.5 Å². The van der Waals surface area contributed by atoms with E-state index in [0.717, 1.165) is 5.92 Å². The molecule has 0 bridgehead atoms. The Morgan fingerprint density at radius 3 is 2.95 bits per heavy atom. The number of rotatable bonds is 3. The van der Waals surface area contributed by atoms with Crippen molar-refractivity contribution in [1.82, 2.24) is 24.7 Å². The van der Waals surface area contributed by atoms with Gasteiger partial charge in [-0.2, -0.15) is 20.1 Å². The fraction of sp³-hybridized carbons (Fsp3) is 0.538. The van der Waals surface area contributed by atoms with Gasteiger partial charge in [-0.05, 0) is 24.8 Å². The second-order valence-corrected chi connectivity index (χ2v) is 6.51. The monoisotopic (exact) mass is 290 g/mol. The summed E-state index contributed by atoms with van der Waals surface area (Å²) in [5.74, 6) is 1.51. The molecule has 1 aliphatic rings. The van der Waals surface area contributed by atoms with Crippen LogP contribution in [0.5, 0.6) is 0 Å². The molecule has 2 aromatic heterocycles. The van der Waals surface area contributed by atoms with Crippen LogP contribution in [-0.2, 0) is 0 Å². The summed E-state index contributed by atoms with van der Waals surface area (Å²) < 4.78 is 1.60. The first-order valence-corrected chi connectivity index (χ1v) is 7.77. The van der Waals surface area contributed by atoms with Crippen LogP contribution >= 0.6 is 11.8 Å². The molecule has 2 heterocycles. The van der Waals surface area contributed by atoms with Crippen LogP contribution in [0.2, 0.25) is 0 Å². The molecule has 2 atom stereocenters. The summed E-state index contributed by atoms with van der Waals surface area (Å²) in [5, 5.41) is 5.40. The molecule has 2 N–H and O–H groups in total. The lowest BCUT2D eigenvalue weighted by atomic mass is 9.91. The van der Waals surface area contributed by atoms with Crippen LogP contribution in [-0.4, -0.2) is 30.0 Å². The van der Waals surface area contributed by atoms with Gasteiger partial charge in [-0.25, -0.2) is 4.68 Å². The van der Waals surface area contributed by atoms with Crippen molar-refractivity contribution in [3.63, 3.8) is 0 Å². The highest BCUT2D eigenvalue weighted by Crippen LogP contribution is 2.34. The lowest BCUT2D eigenvalue weighted by Crippen LogP contribution is -2.16. The number of nitrogens with zero attached hydrogens (tertiary/aromatic N) is 5. The third-order valence-corrected chi connectivity index (χ3v) is 4.64. The normalized spacial score (nSPS) is 22.9. The van der Waals surface area contributed by atoms with Gasteiger partial charge >= 0.3 is 0 Å². The Morgan fingerprint density at radius 2 is 2.20 bits per heavy atom. The van der Waals surface area contributed by atoms with Crippen molar-refractivity contribution in [1.29, 1.82) is 0 Å². The number of hydrogen-bond acceptors (Lipinski definition) is 6. The van der Waals surface area contributed by atoms with E-state index < -0.39 is 0 Å². The Balaban J connectivity index is 1.79. The Morgan fingerprint density at radius 1 is 1.30 bits per heavy atom. The first-order valence-electron chi connectivity index (χ1n) is 6.89. The second kappa shape index (κ2) is 5.78. The predicted octanol–water partition coefficient (Wildman–Crippen LogP) is 2.31. The van der Waals surface area contributed by atoms with E-state index >= 15 is 0 Å². The van der Waals surface area contributed by atoms with Crippen LogP contribution in [0, 0.1) is 5.92 Å². The second-order valence-electron chi connectivity index (χ2n) is 5.24. The highest BCUT2D eigenvalue weighted by molar-refractivity contribution is 7.99. The van der Waals surface area contributed by atoms with E-state index in [9.17, 15) is 0 Å². The first kappa shape index (κ1) is 13.4. The minimum absolute atomic E-state index is 0.247. The fourth-order valence-corrected chi connectivity index (χ4v) is 3.83. The number of thioether (sulfide) groups is 1. The molecule has 7 heteroatoms. The molecule has 0 spiro atoms. The zero-order chi connectivity index (χ0) is 13.9. The Kier molecular flexibility index (Phi) is 3.86. The van der Waals surface area contributed by atoms with Gasteiger partial charge in [0.2, 0.25) is 5.95 Å². The fourth-order valence-electron chi connectivity index (χ4n) is 2.54. The van der Waals surface area contributed by atoms with Gasteiger partial charge in [0.1, 0.15) is 0 Å². The highest BCUT2D eigenvalue weighted by atomic mass is 32.2. The van der Waals surface area contributed by atoms with E-state index in [4.69, 9.17) is 5.73 Å². The number of aromatic nitrogens is 5. The Hall–Kier alpha value is -1.63. The van der Waals surface area contributed by atoms with Crippen molar-refractivity contribution < 1.29 is 0 Å². The summed E-state index contributed by atoms with van der Waals surface area (Å²) in [4.78, 5) is 12.8. The van der Waals surface area contributed by atoms with Crippen LogP contribution in [0.1, 0.15) is 32.6 Å². The van der Waals surface area contributed by atoms with Crippen molar-refractivity contribution in [2.75, 3.05) is 5.73 Å². The average molecular weight is 290 g/mol. The van der Waals surface area contributed by atoms with Gasteiger partial charge in [0.15, 0.2) is 5.16 Å². The molecule has 2 unspecified atom stereocenters. The number of nitrogens with two attached hydrogens (primary N) is 1. The first-order chi connectivity index (χ1) is 9.70. The molecule has 1 aliphatic carbocycles. The standard InChI is InChI=1S/C13H18N6S/c1-9-4-2-5-10(8-9)20-13-17-11(14)16-12(18-13)19-7-3-6-15-19/h3,6-7,9-10H,2,4-5,8H2,1H3,(H2,14,16,17,18). The van der Waals surface area contributed by atoms with Crippen LogP contribution in [0.25, 0.3) is 5.95 Å². The van der Waals surface area contributed by atoms with Crippen molar-refractivity contribution in [3.8, 4) is 5.95 Å². The smallest absolute Gasteiger partial charge is 0.256 e. The number of anilines is 1. The van der Waals surface area contributed by atoms with Gasteiger partial charge in [0.05, 0.1) is 0 Å². The van der Waals surface area contributed by atoms with E-state index in [1.807, 2.05) is 6.07 Å². The van der Waals surface area contributed by atoms with Gasteiger partial charge in [0.25, 0.3) is 5.95 Å². The maximum atomic E-state index is 5.78. The zero-order valence-corrected chi connectivity index (χ0v) is 12.3. The van der Waals surface area contributed by atoms with Crippen LogP contribution < -0.4 is 5.73 Å². The molecular formula is C13H18N6S. The molecule has 3 rings (SSSR count). The van der Waals surface area contributed by atoms with Crippen LogP contribution in [0.3, 0.4) is 0 Å². The quantitative estimate of drug-likeness (QED) is 0.934. The predicted molar refractivity (Wildman–Crippen MR) is 78.6 cm³/mol. The molecule has 6 nitrogen and oxygen atoms in total. The van der Waals surface area contributed by atoms with E-state index in [-0.39, 0.29) is 5.95 Å². The largest absolute Gasteiger partial charge is 0.368 e. The Labute approximate surface area is 122 Å². The number of hydrogen-bond donors (Lipinski definition) is 1. The van der Waals surface area contributed by atoms with Gasteiger partial charge in [-0.3, -0.25) is 0 Å². The van der Waals surface area contributed by atoms with Crippen molar-refractivity contribution in [2.24, 2.45) is 5.92 Å². The summed E-state index contributed by atoms with van der Waals surface area (Å²) in [6, 6.07) is 1.83. The van der Waals surface area contributed by atoms with Crippen LogP contribution in [0.4, 0.5) is 5.95 Å². The summed E-state index contributed by atoms with van der Waals surface area (Å²) in [6.45, 7) is 2.31. The lowest BCUT2D eigenvalue weighted by Gasteiger charge is -2.25. The van der Waals surface area contributed by atoms with Gasteiger partial charge in [-0.15, -0.1) is 0 Å². The molecule has 0 saturated heterocycles. The summed E-state index contributed by atoms with van der Waals surface area (Å²) in [6.07, 6.45) is 8.53. The molecule has 2 aromatic rings.